The van der Waals surface area contributed by atoms with Crippen molar-refractivity contribution in [2.24, 2.45) is 4.99 Å². The Morgan fingerprint density at radius 1 is 1.02 bits per heavy atom. The average Bonchev–Trinajstić information content (AvgIpc) is 3.19. The molecule has 0 unspecified atom stereocenters. The molecule has 10 heteroatoms. The third-order valence-corrected chi connectivity index (χ3v) is 10.6. The maximum Gasteiger partial charge on any atom is 0.254 e. The molecule has 9 nitrogen and oxygen atoms in total. The van der Waals surface area contributed by atoms with E-state index in [2.05, 4.69) is 12.2 Å². The Morgan fingerprint density at radius 3 is 2.23 bits per heavy atom. The van der Waals surface area contributed by atoms with Crippen LogP contribution in [0.4, 0.5) is 0 Å². The molecular weight excluding hydrogens is 528 g/mol. The number of unbranched alkanes of at least 4 members (excludes halogenated alkanes) is 6. The lowest BCUT2D eigenvalue weighted by atomic mass is 9.89. The summed E-state index contributed by atoms with van der Waals surface area (Å²) in [5.41, 5.74) is 2.46. The number of aliphatic hydroxyl groups excluding tert-OH is 1. The fourth-order valence-corrected chi connectivity index (χ4v) is 7.56. The second-order valence-electron chi connectivity index (χ2n) is 11.8. The summed E-state index contributed by atoms with van der Waals surface area (Å²) in [6, 6.07) is 3.63. The number of amides is 2. The molecule has 3 aliphatic rings. The van der Waals surface area contributed by atoms with Crippen LogP contribution >= 0.6 is 0 Å². The third-order valence-electron chi connectivity index (χ3n) is 8.69. The van der Waals surface area contributed by atoms with E-state index in [9.17, 15) is 23.1 Å². The molecule has 0 aromatic heterocycles. The normalized spacial score (nSPS) is 19.6. The Hall–Kier alpha value is -2.30. The molecule has 2 amide bonds. The fourth-order valence-electron chi connectivity index (χ4n) is 6.10. The van der Waals surface area contributed by atoms with Gasteiger partial charge in [0.25, 0.3) is 11.8 Å². The van der Waals surface area contributed by atoms with E-state index in [0.717, 1.165) is 41.8 Å². The molecule has 1 aromatic rings. The van der Waals surface area contributed by atoms with Gasteiger partial charge < -0.3 is 15.3 Å². The topological polar surface area (TPSA) is 119 Å². The van der Waals surface area contributed by atoms with Gasteiger partial charge in [-0.2, -0.15) is 0 Å². The minimum Gasteiger partial charge on any atom is -0.389 e. The zero-order valence-electron chi connectivity index (χ0n) is 24.4. The van der Waals surface area contributed by atoms with Crippen molar-refractivity contribution in [2.45, 2.75) is 103 Å². The number of amidine groups is 1. The first-order valence-corrected chi connectivity index (χ1v) is 16.6. The second kappa shape index (κ2) is 13.1. The molecule has 2 fully saturated rings. The quantitative estimate of drug-likeness (QED) is 0.350. The van der Waals surface area contributed by atoms with Crippen LogP contribution in [0.1, 0.15) is 98.2 Å². The number of β-amino-alcohol motifs (C(OH)–C–C–N with tert-alkyl or cyclic N) is 1. The first kappa shape index (κ1) is 30.7. The standard InChI is InChI=1S/C30H46N4O5S/c1-4-5-6-7-8-9-10-11-27-31-29(37)30(32-27)13-15-34(16-14-30)40(38,39)17-12-26-22(2)18-24(19-23(26)3)28(36)33-20-25(35)21-33/h18-19,25,35H,4-17,20-21H2,1-3H3,(H,31,32,37). The first-order chi connectivity index (χ1) is 19.0. The van der Waals surface area contributed by atoms with Gasteiger partial charge in [-0.15, -0.1) is 0 Å². The van der Waals surface area contributed by atoms with Crippen LogP contribution in [-0.4, -0.2) is 84.0 Å². The van der Waals surface area contributed by atoms with E-state index in [4.69, 9.17) is 4.99 Å². The summed E-state index contributed by atoms with van der Waals surface area (Å²) >= 11 is 0. The number of carbonyl (C=O) groups is 2. The number of carbonyl (C=O) groups excluding carboxylic acids is 2. The van der Waals surface area contributed by atoms with E-state index < -0.39 is 21.7 Å². The molecule has 1 spiro atoms. The van der Waals surface area contributed by atoms with Crippen molar-refractivity contribution in [2.75, 3.05) is 31.9 Å². The number of rotatable bonds is 13. The third kappa shape index (κ3) is 7.12. The van der Waals surface area contributed by atoms with Crippen LogP contribution in [0.2, 0.25) is 0 Å². The maximum absolute atomic E-state index is 13.2. The Labute approximate surface area is 239 Å². The summed E-state index contributed by atoms with van der Waals surface area (Å²) < 4.78 is 28.0. The van der Waals surface area contributed by atoms with E-state index in [0.29, 0.717) is 37.9 Å². The highest BCUT2D eigenvalue weighted by Gasteiger charge is 2.47. The molecule has 4 rings (SSSR count). The van der Waals surface area contributed by atoms with Gasteiger partial charge in [-0.3, -0.25) is 14.6 Å². The van der Waals surface area contributed by atoms with Crippen molar-refractivity contribution < 1.29 is 23.1 Å². The summed E-state index contributed by atoms with van der Waals surface area (Å²) in [6.45, 7) is 7.30. The van der Waals surface area contributed by atoms with E-state index in [1.807, 2.05) is 26.0 Å². The van der Waals surface area contributed by atoms with Crippen LogP contribution in [-0.2, 0) is 21.2 Å². The van der Waals surface area contributed by atoms with Gasteiger partial charge in [0.15, 0.2) is 0 Å². The Morgan fingerprint density at radius 2 is 1.62 bits per heavy atom. The molecule has 3 aliphatic heterocycles. The van der Waals surface area contributed by atoms with E-state index in [1.54, 1.807) is 4.90 Å². The van der Waals surface area contributed by atoms with Crippen molar-refractivity contribution in [3.8, 4) is 0 Å². The lowest BCUT2D eigenvalue weighted by Crippen LogP contribution is -2.53. The van der Waals surface area contributed by atoms with Gasteiger partial charge in [-0.1, -0.05) is 45.4 Å². The summed E-state index contributed by atoms with van der Waals surface area (Å²) in [7, 11) is -3.51. The SMILES string of the molecule is CCCCCCCCCC1=NC2(CCN(S(=O)(=O)CCc3c(C)cc(C(=O)N4CC(O)C4)cc3C)CC2)C(=O)N1. The molecule has 2 saturated heterocycles. The molecule has 0 atom stereocenters. The first-order valence-electron chi connectivity index (χ1n) is 15.0. The van der Waals surface area contributed by atoms with Crippen LogP contribution in [0.15, 0.2) is 17.1 Å². The lowest BCUT2D eigenvalue weighted by Gasteiger charge is -2.36. The zero-order chi connectivity index (χ0) is 28.9. The minimum atomic E-state index is -3.51. The number of aliphatic hydroxyl groups is 1. The van der Waals surface area contributed by atoms with Gasteiger partial charge in [0.2, 0.25) is 10.0 Å². The Balaban J connectivity index is 1.27. The Bertz CT molecular complexity index is 1190. The molecule has 0 aliphatic carbocycles. The van der Waals surface area contributed by atoms with Gasteiger partial charge in [-0.05, 0) is 68.4 Å². The van der Waals surface area contributed by atoms with Crippen LogP contribution in [0.5, 0.6) is 0 Å². The van der Waals surface area contributed by atoms with E-state index in [1.165, 1.54) is 36.4 Å². The summed E-state index contributed by atoms with van der Waals surface area (Å²) in [5, 5.41) is 12.5. The molecule has 0 saturated carbocycles. The molecule has 40 heavy (non-hydrogen) atoms. The van der Waals surface area contributed by atoms with Crippen molar-refractivity contribution in [1.82, 2.24) is 14.5 Å². The number of hydrogen-bond acceptors (Lipinski definition) is 6. The highest BCUT2D eigenvalue weighted by atomic mass is 32.2. The molecule has 2 N–H and O–H groups in total. The average molecular weight is 575 g/mol. The van der Waals surface area contributed by atoms with E-state index >= 15 is 0 Å². The van der Waals surface area contributed by atoms with Gasteiger partial charge in [0, 0.05) is 38.2 Å². The number of nitrogens with zero attached hydrogens (tertiary/aromatic N) is 3. The number of benzene rings is 1. The summed E-state index contributed by atoms with van der Waals surface area (Å²) in [4.78, 5) is 31.9. The zero-order valence-corrected chi connectivity index (χ0v) is 25.2. The van der Waals surface area contributed by atoms with Crippen LogP contribution in [0.25, 0.3) is 0 Å². The van der Waals surface area contributed by atoms with Crippen LogP contribution in [0, 0.1) is 13.8 Å². The van der Waals surface area contributed by atoms with Gasteiger partial charge >= 0.3 is 0 Å². The molecule has 0 radical (unpaired) electrons. The predicted octanol–water partition coefficient (Wildman–Crippen LogP) is 3.50. The van der Waals surface area contributed by atoms with Crippen LogP contribution in [0.3, 0.4) is 0 Å². The summed E-state index contributed by atoms with van der Waals surface area (Å²) in [5.74, 6) is 0.540. The van der Waals surface area contributed by atoms with Crippen molar-refractivity contribution in [3.63, 3.8) is 0 Å². The number of piperidine rings is 1. The highest BCUT2D eigenvalue weighted by molar-refractivity contribution is 7.89. The molecule has 222 valence electrons. The monoisotopic (exact) mass is 574 g/mol. The number of aliphatic imine (C=N–C) groups is 1. The predicted molar refractivity (Wildman–Crippen MR) is 157 cm³/mol. The number of nitrogens with one attached hydrogen (secondary N) is 1. The second-order valence-corrected chi connectivity index (χ2v) is 13.9. The van der Waals surface area contributed by atoms with Gasteiger partial charge in [0.05, 0.1) is 11.9 Å². The smallest absolute Gasteiger partial charge is 0.254 e. The van der Waals surface area contributed by atoms with Crippen LogP contribution < -0.4 is 5.32 Å². The highest BCUT2D eigenvalue weighted by Crippen LogP contribution is 2.32. The van der Waals surface area contributed by atoms with Crippen molar-refractivity contribution in [1.29, 1.82) is 0 Å². The minimum absolute atomic E-state index is 0.0216. The molecule has 1 aromatic carbocycles. The van der Waals surface area contributed by atoms with Gasteiger partial charge in [-0.25, -0.2) is 12.7 Å². The fraction of sp³-hybridized carbons (Fsp3) is 0.700. The van der Waals surface area contributed by atoms with Crippen molar-refractivity contribution >= 4 is 27.7 Å². The summed E-state index contributed by atoms with van der Waals surface area (Å²) in [6.07, 6.45) is 9.92. The maximum atomic E-state index is 13.2. The van der Waals surface area contributed by atoms with Gasteiger partial charge in [0.1, 0.15) is 11.4 Å². The molecule has 0 bridgehead atoms. The lowest BCUT2D eigenvalue weighted by molar-refractivity contribution is -0.124. The largest absolute Gasteiger partial charge is 0.389 e. The molecular formula is C30H46N4O5S. The Kier molecular flexibility index (Phi) is 10.1. The van der Waals surface area contributed by atoms with E-state index in [-0.39, 0.29) is 30.7 Å². The number of aryl methyl sites for hydroxylation is 2. The number of sulfonamides is 1. The number of hydrogen-bond donors (Lipinski definition) is 2. The number of likely N-dealkylation sites (tertiary alicyclic amines) is 1. The molecule has 3 heterocycles. The van der Waals surface area contributed by atoms with Crippen molar-refractivity contribution in [3.05, 3.63) is 34.4 Å².